The average Bonchev–Trinajstić information content (AvgIpc) is 3.46. The van der Waals surface area contributed by atoms with E-state index >= 15 is 0 Å². The van der Waals surface area contributed by atoms with E-state index in [0.29, 0.717) is 0 Å². The number of carboxylic acid groups (broad SMARTS) is 2. The van der Waals surface area contributed by atoms with Crippen LogP contribution in [0.15, 0.2) is 61.1 Å². The number of hydrogen-bond acceptors (Lipinski definition) is 5. The first-order valence-corrected chi connectivity index (χ1v) is 11.6. The summed E-state index contributed by atoms with van der Waals surface area (Å²) in [5.74, 6) is -2.81. The lowest BCUT2D eigenvalue weighted by atomic mass is 9.89. The number of aromatic nitrogens is 3. The fourth-order valence-corrected chi connectivity index (χ4v) is 4.44. The van der Waals surface area contributed by atoms with E-state index in [1.165, 1.54) is 35.7 Å². The molecular formula is C25H24F6N4O4. The molecule has 2 atom stereocenters. The second-order valence-electron chi connectivity index (χ2n) is 8.92. The average molecular weight is 558 g/mol. The van der Waals surface area contributed by atoms with Crippen molar-refractivity contribution in [2.24, 2.45) is 11.8 Å². The number of hydrogen-bond donors (Lipinski definition) is 2. The number of rotatable bonds is 3. The molecule has 2 N–H and O–H groups in total. The first-order valence-electron chi connectivity index (χ1n) is 11.6. The summed E-state index contributed by atoms with van der Waals surface area (Å²) in [5.41, 5.74) is 3.84. The van der Waals surface area contributed by atoms with E-state index in [1.807, 2.05) is 18.5 Å². The molecule has 210 valence electrons. The highest BCUT2D eigenvalue weighted by Gasteiger charge is 2.39. The lowest BCUT2D eigenvalue weighted by Gasteiger charge is -2.27. The minimum absolute atomic E-state index is 0.723. The normalized spacial score (nSPS) is 18.5. The van der Waals surface area contributed by atoms with Gasteiger partial charge in [-0.3, -0.25) is 9.88 Å². The van der Waals surface area contributed by atoms with E-state index in [1.54, 1.807) is 0 Å². The van der Waals surface area contributed by atoms with Gasteiger partial charge in [-0.25, -0.2) is 14.6 Å². The first-order chi connectivity index (χ1) is 18.3. The molecule has 8 nitrogen and oxygen atoms in total. The van der Waals surface area contributed by atoms with Gasteiger partial charge in [0, 0.05) is 45.0 Å². The number of carbonyl (C=O) groups is 2. The van der Waals surface area contributed by atoms with Crippen LogP contribution >= 0.6 is 0 Å². The van der Waals surface area contributed by atoms with Gasteiger partial charge < -0.3 is 14.8 Å². The molecule has 1 saturated heterocycles. The van der Waals surface area contributed by atoms with Gasteiger partial charge in [-0.15, -0.1) is 0 Å². The van der Waals surface area contributed by atoms with Gasteiger partial charge >= 0.3 is 24.3 Å². The maximum atomic E-state index is 10.6. The Morgan fingerprint density at radius 2 is 1.44 bits per heavy atom. The molecule has 39 heavy (non-hydrogen) atoms. The van der Waals surface area contributed by atoms with Crippen LogP contribution < -0.4 is 0 Å². The summed E-state index contributed by atoms with van der Waals surface area (Å²) in [4.78, 5) is 29.4. The third kappa shape index (κ3) is 8.27. The molecule has 14 heteroatoms. The number of alkyl halides is 6. The van der Waals surface area contributed by atoms with Crippen LogP contribution in [0.3, 0.4) is 0 Å². The molecule has 5 rings (SSSR count). The standard InChI is InChI=1S/C21H22N4.2C2HF3O2/c1-2-6-17(7-3-1)20-11-23-21-9-18-13-24(14-19(18)15-25(20)21)12-16-5-4-8-22-10-16;2*3-2(4,5)1(6)7/h1-8,10-11,18-19H,9,12-15H2;2*(H,6,7). The van der Waals surface area contributed by atoms with Crippen LogP contribution in [-0.2, 0) is 29.1 Å². The van der Waals surface area contributed by atoms with Crippen molar-refractivity contribution in [3.05, 3.63) is 72.4 Å². The Morgan fingerprint density at radius 1 is 0.846 bits per heavy atom. The minimum Gasteiger partial charge on any atom is -0.475 e. The molecule has 1 aromatic carbocycles. The molecule has 2 aromatic heterocycles. The van der Waals surface area contributed by atoms with Crippen LogP contribution in [-0.4, -0.2) is 67.0 Å². The molecule has 0 bridgehead atoms. The van der Waals surface area contributed by atoms with Gasteiger partial charge in [-0.2, -0.15) is 26.3 Å². The van der Waals surface area contributed by atoms with Crippen molar-refractivity contribution in [1.82, 2.24) is 19.4 Å². The summed E-state index contributed by atoms with van der Waals surface area (Å²) in [6.45, 7) is 4.45. The molecule has 0 aliphatic carbocycles. The molecule has 3 aromatic rings. The van der Waals surface area contributed by atoms with E-state index in [2.05, 4.69) is 57.0 Å². The van der Waals surface area contributed by atoms with Crippen molar-refractivity contribution in [1.29, 1.82) is 0 Å². The third-order valence-corrected chi connectivity index (χ3v) is 6.14. The van der Waals surface area contributed by atoms with Gasteiger partial charge in [0.15, 0.2) is 0 Å². The number of pyridine rings is 1. The minimum atomic E-state index is -5.08. The largest absolute Gasteiger partial charge is 0.490 e. The number of imidazole rings is 1. The lowest BCUT2D eigenvalue weighted by molar-refractivity contribution is -0.193. The number of carboxylic acids is 2. The van der Waals surface area contributed by atoms with Crippen molar-refractivity contribution in [3.63, 3.8) is 0 Å². The van der Waals surface area contributed by atoms with Crippen LogP contribution in [0, 0.1) is 11.8 Å². The van der Waals surface area contributed by atoms with E-state index in [9.17, 15) is 26.3 Å². The van der Waals surface area contributed by atoms with Gasteiger partial charge in [-0.1, -0.05) is 36.4 Å². The second-order valence-corrected chi connectivity index (χ2v) is 8.92. The number of fused-ring (bicyclic) bond motifs is 2. The number of benzene rings is 1. The quantitative estimate of drug-likeness (QED) is 0.456. The number of halogens is 6. The molecular weight excluding hydrogens is 534 g/mol. The summed E-state index contributed by atoms with van der Waals surface area (Å²) in [7, 11) is 0. The zero-order chi connectivity index (χ0) is 28.8. The van der Waals surface area contributed by atoms with E-state index in [0.717, 1.165) is 31.3 Å². The number of aliphatic carboxylic acids is 2. The van der Waals surface area contributed by atoms with E-state index in [4.69, 9.17) is 24.8 Å². The summed E-state index contributed by atoms with van der Waals surface area (Å²) in [6.07, 6.45) is -3.18. The fraction of sp³-hybridized carbons (Fsp3) is 0.360. The molecule has 0 radical (unpaired) electrons. The highest BCUT2D eigenvalue weighted by atomic mass is 19.4. The Hall–Kier alpha value is -3.94. The number of likely N-dealkylation sites (tertiary alicyclic amines) is 1. The maximum Gasteiger partial charge on any atom is 0.490 e. The summed E-state index contributed by atoms with van der Waals surface area (Å²) < 4.78 is 65.9. The Labute approximate surface area is 218 Å². The zero-order valence-electron chi connectivity index (χ0n) is 20.2. The highest BCUT2D eigenvalue weighted by molar-refractivity contribution is 5.73. The molecule has 0 spiro atoms. The molecule has 0 saturated carbocycles. The topological polar surface area (TPSA) is 109 Å². The van der Waals surface area contributed by atoms with Crippen LogP contribution in [0.25, 0.3) is 11.3 Å². The molecule has 0 amide bonds. The Bertz CT molecular complexity index is 1220. The van der Waals surface area contributed by atoms with Crippen LogP contribution in [0.2, 0.25) is 0 Å². The van der Waals surface area contributed by atoms with Crippen LogP contribution in [0.1, 0.15) is 11.4 Å². The van der Waals surface area contributed by atoms with Crippen LogP contribution in [0.4, 0.5) is 26.3 Å². The summed E-state index contributed by atoms with van der Waals surface area (Å²) in [5, 5.41) is 14.2. The van der Waals surface area contributed by atoms with Gasteiger partial charge in [0.2, 0.25) is 0 Å². The van der Waals surface area contributed by atoms with Gasteiger partial charge in [-0.05, 0) is 29.0 Å². The SMILES string of the molecule is O=C(O)C(F)(F)F.O=C(O)C(F)(F)F.c1ccc(-c2cnc3n2CC2CN(Cc4cccnc4)CC2C3)cc1. The van der Waals surface area contributed by atoms with Gasteiger partial charge in [0.05, 0.1) is 11.9 Å². The van der Waals surface area contributed by atoms with Gasteiger partial charge in [0.25, 0.3) is 0 Å². The van der Waals surface area contributed by atoms with Crippen molar-refractivity contribution in [2.45, 2.75) is 31.9 Å². The molecule has 1 fully saturated rings. The van der Waals surface area contributed by atoms with Crippen molar-refractivity contribution < 1.29 is 46.1 Å². The van der Waals surface area contributed by atoms with E-state index < -0.39 is 24.3 Å². The zero-order valence-corrected chi connectivity index (χ0v) is 20.2. The predicted octanol–water partition coefficient (Wildman–Crippen LogP) is 4.52. The van der Waals surface area contributed by atoms with Gasteiger partial charge in [0.1, 0.15) is 5.82 Å². The highest BCUT2D eigenvalue weighted by Crippen LogP contribution is 2.35. The predicted molar refractivity (Wildman–Crippen MR) is 125 cm³/mol. The number of nitrogens with zero attached hydrogens (tertiary/aromatic N) is 4. The Balaban J connectivity index is 0.000000251. The summed E-state index contributed by atoms with van der Waals surface area (Å²) in [6, 6.07) is 14.8. The third-order valence-electron chi connectivity index (χ3n) is 6.14. The second kappa shape index (κ2) is 12.3. The monoisotopic (exact) mass is 558 g/mol. The van der Waals surface area contributed by atoms with Crippen molar-refractivity contribution in [3.8, 4) is 11.3 Å². The Morgan fingerprint density at radius 3 is 1.97 bits per heavy atom. The van der Waals surface area contributed by atoms with E-state index in [-0.39, 0.29) is 0 Å². The molecule has 2 unspecified atom stereocenters. The molecule has 4 heterocycles. The lowest BCUT2D eigenvalue weighted by Crippen LogP contribution is -2.28. The fourth-order valence-electron chi connectivity index (χ4n) is 4.44. The Kier molecular flexibility index (Phi) is 9.32. The molecule has 2 aliphatic heterocycles. The van der Waals surface area contributed by atoms with Crippen LogP contribution in [0.5, 0.6) is 0 Å². The smallest absolute Gasteiger partial charge is 0.475 e. The maximum absolute atomic E-state index is 10.6. The van der Waals surface area contributed by atoms with Crippen molar-refractivity contribution in [2.75, 3.05) is 13.1 Å². The van der Waals surface area contributed by atoms with Crippen molar-refractivity contribution >= 4 is 11.9 Å². The summed E-state index contributed by atoms with van der Waals surface area (Å²) >= 11 is 0. The first kappa shape index (κ1) is 29.6. The molecule has 2 aliphatic rings.